The number of nitrogens with zero attached hydrogens (tertiary/aromatic N) is 1. The molecule has 126 valence electrons. The number of hydrazine groups is 1. The fourth-order valence-electron chi connectivity index (χ4n) is 2.49. The second-order valence-corrected chi connectivity index (χ2v) is 6.25. The van der Waals surface area contributed by atoms with Crippen molar-refractivity contribution in [3.8, 4) is 0 Å². The third-order valence-electron chi connectivity index (χ3n) is 3.80. The van der Waals surface area contributed by atoms with E-state index in [4.69, 9.17) is 12.2 Å². The molecule has 0 radical (unpaired) electrons. The molecule has 0 aliphatic carbocycles. The lowest BCUT2D eigenvalue weighted by molar-refractivity contribution is 0.769. The van der Waals surface area contributed by atoms with Gasteiger partial charge >= 0.3 is 0 Å². The number of aryl methyl sites for hydroxylation is 1. The second-order valence-electron chi connectivity index (χ2n) is 5.84. The van der Waals surface area contributed by atoms with Gasteiger partial charge in [-0.15, -0.1) is 0 Å². The molecule has 3 rings (SSSR count). The van der Waals surface area contributed by atoms with Gasteiger partial charge in [-0.25, -0.2) is 0 Å². The molecule has 3 aromatic carbocycles. The molecular formula is C21H21N3S. The van der Waals surface area contributed by atoms with Crippen molar-refractivity contribution in [3.05, 3.63) is 96.1 Å². The Kier molecular flexibility index (Phi) is 5.65. The Balaban J connectivity index is 1.72. The van der Waals surface area contributed by atoms with Crippen LogP contribution in [0.25, 0.3) is 0 Å². The first-order chi connectivity index (χ1) is 12.2. The third-order valence-corrected chi connectivity index (χ3v) is 3.99. The highest BCUT2D eigenvalue weighted by Crippen LogP contribution is 2.15. The Bertz CT molecular complexity index is 802. The van der Waals surface area contributed by atoms with Crippen LogP contribution in [0.3, 0.4) is 0 Å². The van der Waals surface area contributed by atoms with Crippen molar-refractivity contribution >= 4 is 28.7 Å². The number of hydrogen-bond donors (Lipinski definition) is 2. The molecule has 2 N–H and O–H groups in total. The summed E-state index contributed by atoms with van der Waals surface area (Å²) in [5.74, 6) is 0. The van der Waals surface area contributed by atoms with Gasteiger partial charge in [0.15, 0.2) is 5.11 Å². The average molecular weight is 347 g/mol. The molecule has 25 heavy (non-hydrogen) atoms. The minimum atomic E-state index is 0.559. The summed E-state index contributed by atoms with van der Waals surface area (Å²) in [6.45, 7) is 2.78. The Labute approximate surface area is 154 Å². The molecule has 4 heteroatoms. The van der Waals surface area contributed by atoms with E-state index in [1.807, 2.05) is 53.5 Å². The predicted octanol–water partition coefficient (Wildman–Crippen LogP) is 4.90. The van der Waals surface area contributed by atoms with Gasteiger partial charge in [-0.2, -0.15) is 0 Å². The number of benzene rings is 3. The van der Waals surface area contributed by atoms with E-state index in [9.17, 15) is 0 Å². The van der Waals surface area contributed by atoms with Crippen LogP contribution < -0.4 is 15.8 Å². The lowest BCUT2D eigenvalue weighted by Gasteiger charge is -2.27. The van der Waals surface area contributed by atoms with Gasteiger partial charge in [0, 0.05) is 5.69 Å². The molecular weight excluding hydrogens is 326 g/mol. The fourth-order valence-corrected chi connectivity index (χ4v) is 2.72. The smallest absolute Gasteiger partial charge is 0.189 e. The number of nitrogens with one attached hydrogen (secondary N) is 2. The van der Waals surface area contributed by atoms with Gasteiger partial charge in [-0.1, -0.05) is 66.2 Å². The van der Waals surface area contributed by atoms with Crippen LogP contribution in [-0.4, -0.2) is 5.11 Å². The molecule has 0 heterocycles. The zero-order valence-corrected chi connectivity index (χ0v) is 15.0. The molecule has 0 aliphatic heterocycles. The molecule has 0 atom stereocenters. The molecule has 0 aliphatic rings. The van der Waals surface area contributed by atoms with Gasteiger partial charge in [0.1, 0.15) is 0 Å². The van der Waals surface area contributed by atoms with Gasteiger partial charge in [-0.3, -0.25) is 10.4 Å². The van der Waals surface area contributed by atoms with Crippen molar-refractivity contribution in [1.82, 2.24) is 5.43 Å². The predicted molar refractivity (Wildman–Crippen MR) is 110 cm³/mol. The third kappa shape index (κ3) is 5.06. The standard InChI is InChI=1S/C21H21N3S/c1-17-12-14-19(15-13-17)22-21(25)23-24(20-10-6-3-7-11-20)16-18-8-4-2-5-9-18/h2-15H,16H2,1H3,(H2,22,23,25). The highest BCUT2D eigenvalue weighted by molar-refractivity contribution is 7.80. The molecule has 0 bridgehead atoms. The molecule has 0 aromatic heterocycles. The van der Waals surface area contributed by atoms with Gasteiger partial charge in [0.25, 0.3) is 0 Å². The Morgan fingerprint density at radius 2 is 1.44 bits per heavy atom. The first-order valence-electron chi connectivity index (χ1n) is 8.21. The summed E-state index contributed by atoms with van der Waals surface area (Å²) in [5, 5.41) is 5.83. The van der Waals surface area contributed by atoms with E-state index in [2.05, 4.69) is 54.1 Å². The molecule has 3 nitrogen and oxygen atoms in total. The number of hydrogen-bond acceptors (Lipinski definition) is 2. The number of para-hydroxylation sites is 1. The van der Waals surface area contributed by atoms with Crippen LogP contribution in [0.5, 0.6) is 0 Å². The summed E-state index contributed by atoms with van der Waals surface area (Å²) < 4.78 is 0. The zero-order valence-electron chi connectivity index (χ0n) is 14.1. The topological polar surface area (TPSA) is 27.3 Å². The lowest BCUT2D eigenvalue weighted by Crippen LogP contribution is -2.44. The highest BCUT2D eigenvalue weighted by atomic mass is 32.1. The monoisotopic (exact) mass is 347 g/mol. The van der Waals surface area contributed by atoms with Gasteiger partial charge in [0.2, 0.25) is 0 Å². The molecule has 0 fully saturated rings. The molecule has 3 aromatic rings. The van der Waals surface area contributed by atoms with Crippen molar-refractivity contribution in [2.45, 2.75) is 13.5 Å². The highest BCUT2D eigenvalue weighted by Gasteiger charge is 2.09. The van der Waals surface area contributed by atoms with E-state index in [0.29, 0.717) is 11.7 Å². The van der Waals surface area contributed by atoms with E-state index in [0.717, 1.165) is 11.4 Å². The average Bonchev–Trinajstić information content (AvgIpc) is 2.65. The Hall–Kier alpha value is -2.85. The van der Waals surface area contributed by atoms with E-state index >= 15 is 0 Å². The maximum atomic E-state index is 5.50. The van der Waals surface area contributed by atoms with Crippen molar-refractivity contribution in [2.75, 3.05) is 10.3 Å². The van der Waals surface area contributed by atoms with E-state index in [1.165, 1.54) is 11.1 Å². The van der Waals surface area contributed by atoms with Crippen molar-refractivity contribution < 1.29 is 0 Å². The number of anilines is 2. The molecule has 0 amide bonds. The summed E-state index contributed by atoms with van der Waals surface area (Å²) in [4.78, 5) is 0. The SMILES string of the molecule is Cc1ccc(NC(=S)NN(Cc2ccccc2)c2ccccc2)cc1. The number of thiocarbonyl (C=S) groups is 1. The molecule has 0 saturated carbocycles. The van der Waals surface area contributed by atoms with Crippen LogP contribution >= 0.6 is 12.2 Å². The fraction of sp³-hybridized carbons (Fsp3) is 0.0952. The summed E-state index contributed by atoms with van der Waals surface area (Å²) in [5.41, 5.74) is 7.75. The Morgan fingerprint density at radius 3 is 2.08 bits per heavy atom. The van der Waals surface area contributed by atoms with E-state index in [1.54, 1.807) is 0 Å². The van der Waals surface area contributed by atoms with Crippen molar-refractivity contribution in [1.29, 1.82) is 0 Å². The summed E-state index contributed by atoms with van der Waals surface area (Å²) in [6.07, 6.45) is 0. The van der Waals surface area contributed by atoms with Crippen LogP contribution in [-0.2, 0) is 6.54 Å². The molecule has 0 unspecified atom stereocenters. The largest absolute Gasteiger partial charge is 0.331 e. The van der Waals surface area contributed by atoms with Gasteiger partial charge in [-0.05, 0) is 49.0 Å². The van der Waals surface area contributed by atoms with Crippen LogP contribution in [0.15, 0.2) is 84.9 Å². The summed E-state index contributed by atoms with van der Waals surface area (Å²) in [7, 11) is 0. The minimum absolute atomic E-state index is 0.559. The van der Waals surface area contributed by atoms with Crippen LogP contribution in [0.1, 0.15) is 11.1 Å². The molecule has 0 saturated heterocycles. The normalized spacial score (nSPS) is 10.1. The van der Waals surface area contributed by atoms with Crippen molar-refractivity contribution in [2.24, 2.45) is 0 Å². The van der Waals surface area contributed by atoms with Gasteiger partial charge in [0.05, 0.1) is 12.2 Å². The quantitative estimate of drug-likeness (QED) is 0.507. The van der Waals surface area contributed by atoms with E-state index < -0.39 is 0 Å². The Morgan fingerprint density at radius 1 is 0.840 bits per heavy atom. The zero-order chi connectivity index (χ0) is 17.5. The van der Waals surface area contributed by atoms with Crippen LogP contribution in [0.2, 0.25) is 0 Å². The second kappa shape index (κ2) is 8.31. The van der Waals surface area contributed by atoms with Gasteiger partial charge < -0.3 is 5.32 Å². The maximum absolute atomic E-state index is 5.50. The first-order valence-corrected chi connectivity index (χ1v) is 8.62. The van der Waals surface area contributed by atoms with E-state index in [-0.39, 0.29) is 0 Å². The minimum Gasteiger partial charge on any atom is -0.331 e. The first kappa shape index (κ1) is 17.0. The summed E-state index contributed by atoms with van der Waals surface area (Å²) >= 11 is 5.50. The maximum Gasteiger partial charge on any atom is 0.189 e. The lowest BCUT2D eigenvalue weighted by atomic mass is 10.2. The summed E-state index contributed by atoms with van der Waals surface area (Å²) in [6, 6.07) is 28.6. The number of rotatable bonds is 5. The van der Waals surface area contributed by atoms with Crippen LogP contribution in [0.4, 0.5) is 11.4 Å². The van der Waals surface area contributed by atoms with Crippen LogP contribution in [0, 0.1) is 6.92 Å². The van der Waals surface area contributed by atoms with Crippen molar-refractivity contribution in [3.63, 3.8) is 0 Å². The molecule has 0 spiro atoms.